The molecule has 0 atom stereocenters. The Labute approximate surface area is 335 Å². The molecular formula is C48H49IrN3OSi-2. The summed E-state index contributed by atoms with van der Waals surface area (Å²) in [6.07, 6.45) is 3.21. The van der Waals surface area contributed by atoms with Gasteiger partial charge in [-0.05, 0) is 64.0 Å². The van der Waals surface area contributed by atoms with E-state index in [-0.39, 0.29) is 30.9 Å². The number of fused-ring (bicyclic) bond motifs is 4. The van der Waals surface area contributed by atoms with E-state index in [2.05, 4.69) is 151 Å². The Morgan fingerprint density at radius 2 is 1.44 bits per heavy atom. The number of hydrogen-bond donors (Lipinski definition) is 0. The van der Waals surface area contributed by atoms with Crippen LogP contribution < -0.4 is 5.19 Å². The van der Waals surface area contributed by atoms with Crippen molar-refractivity contribution in [2.75, 3.05) is 0 Å². The second-order valence-electron chi connectivity index (χ2n) is 17.2. The minimum Gasteiger partial charge on any atom is -0.501 e. The molecule has 0 fully saturated rings. The molecule has 4 nitrogen and oxygen atoms in total. The molecule has 277 valence electrons. The minimum atomic E-state index is -1.37. The van der Waals surface area contributed by atoms with Crippen molar-refractivity contribution in [2.45, 2.75) is 73.0 Å². The fourth-order valence-electron chi connectivity index (χ4n) is 7.01. The molecule has 3 heterocycles. The maximum absolute atomic E-state index is 6.30. The van der Waals surface area contributed by atoms with Crippen molar-refractivity contribution in [3.8, 4) is 28.3 Å². The smallest absolute Gasteiger partial charge is 0.120 e. The third-order valence-electron chi connectivity index (χ3n) is 9.62. The average molecular weight is 904 g/mol. The Hall–Kier alpha value is -4.61. The molecule has 6 heteroatoms. The van der Waals surface area contributed by atoms with Gasteiger partial charge in [0.05, 0.1) is 30.5 Å². The van der Waals surface area contributed by atoms with Crippen LogP contribution in [0.3, 0.4) is 0 Å². The van der Waals surface area contributed by atoms with E-state index in [9.17, 15) is 0 Å². The fraction of sp³-hybridized carbons (Fsp3) is 0.250. The molecule has 0 saturated heterocycles. The van der Waals surface area contributed by atoms with Gasteiger partial charge in [0.25, 0.3) is 0 Å². The fourth-order valence-corrected chi connectivity index (χ4v) is 8.59. The molecule has 0 unspecified atom stereocenters. The predicted octanol–water partition coefficient (Wildman–Crippen LogP) is 12.4. The van der Waals surface area contributed by atoms with Crippen LogP contribution in [0.4, 0.5) is 0 Å². The number of hydrogen-bond acceptors (Lipinski definition) is 3. The first-order valence-electron chi connectivity index (χ1n) is 18.5. The summed E-state index contributed by atoms with van der Waals surface area (Å²) in [4.78, 5) is 9.73. The average Bonchev–Trinajstić information content (AvgIpc) is 3.70. The van der Waals surface area contributed by atoms with Crippen molar-refractivity contribution in [1.29, 1.82) is 0 Å². The van der Waals surface area contributed by atoms with Crippen LogP contribution in [-0.2, 0) is 31.9 Å². The molecule has 8 aromatic rings. The Kier molecular flexibility index (Phi) is 11.0. The van der Waals surface area contributed by atoms with Crippen molar-refractivity contribution in [2.24, 2.45) is 5.41 Å². The molecule has 5 aromatic carbocycles. The Morgan fingerprint density at radius 1 is 0.741 bits per heavy atom. The van der Waals surface area contributed by atoms with E-state index >= 15 is 0 Å². The van der Waals surface area contributed by atoms with Crippen LogP contribution in [0.15, 0.2) is 126 Å². The Morgan fingerprint density at radius 3 is 2.13 bits per heavy atom. The van der Waals surface area contributed by atoms with Crippen LogP contribution >= 0.6 is 0 Å². The van der Waals surface area contributed by atoms with E-state index in [0.717, 1.165) is 67.7 Å². The van der Waals surface area contributed by atoms with Gasteiger partial charge >= 0.3 is 0 Å². The number of imidazole rings is 1. The van der Waals surface area contributed by atoms with Crippen LogP contribution in [0.25, 0.3) is 61.3 Å². The number of para-hydroxylation sites is 3. The summed E-state index contributed by atoms with van der Waals surface area (Å²) in [5.41, 5.74) is 10.9. The summed E-state index contributed by atoms with van der Waals surface area (Å²) in [6, 6.07) is 46.2. The standard InChI is InChI=1S/C29H23N2O.C19H26NSi.Ir/c1-29(2,3)19-15-17-20(18-16-19)31-25-13-6-5-12-24(25)30-28(31)23-11-8-10-22-21-9-4-7-14-26(21)32-27(22)23;1-19(2,3)13-16-12-17(15-10-8-7-9-11-15)20-14-18(16)21(4,5)6;/h4-10,12-18H,1-3H3;7-10,12,14H,13H2,1-6H3;/q2*-1;. The van der Waals surface area contributed by atoms with Gasteiger partial charge in [-0.25, -0.2) is 0 Å². The zero-order chi connectivity index (χ0) is 37.5. The van der Waals surface area contributed by atoms with Gasteiger partial charge in [0.1, 0.15) is 5.58 Å². The number of aromatic nitrogens is 3. The van der Waals surface area contributed by atoms with E-state index in [1.54, 1.807) is 0 Å². The van der Waals surface area contributed by atoms with Gasteiger partial charge in [-0.15, -0.1) is 54.1 Å². The summed E-state index contributed by atoms with van der Waals surface area (Å²) in [6.45, 7) is 20.8. The largest absolute Gasteiger partial charge is 0.501 e. The number of pyridine rings is 1. The topological polar surface area (TPSA) is 43.9 Å². The van der Waals surface area contributed by atoms with Gasteiger partial charge < -0.3 is 14.0 Å². The molecular weight excluding hydrogens is 855 g/mol. The van der Waals surface area contributed by atoms with E-state index in [4.69, 9.17) is 14.4 Å². The molecule has 0 saturated carbocycles. The molecule has 54 heavy (non-hydrogen) atoms. The molecule has 0 spiro atoms. The number of nitrogens with zero attached hydrogens (tertiary/aromatic N) is 3. The van der Waals surface area contributed by atoms with Crippen molar-refractivity contribution >= 4 is 46.2 Å². The third kappa shape index (κ3) is 8.22. The monoisotopic (exact) mass is 904 g/mol. The summed E-state index contributed by atoms with van der Waals surface area (Å²) in [5.74, 6) is 0.833. The van der Waals surface area contributed by atoms with E-state index < -0.39 is 8.07 Å². The molecule has 3 aromatic heterocycles. The first-order chi connectivity index (χ1) is 25.2. The molecule has 8 rings (SSSR count). The van der Waals surface area contributed by atoms with E-state index in [0.29, 0.717) is 0 Å². The van der Waals surface area contributed by atoms with E-state index in [1.165, 1.54) is 16.3 Å². The molecule has 1 radical (unpaired) electrons. The van der Waals surface area contributed by atoms with Crippen LogP contribution in [0.2, 0.25) is 19.6 Å². The number of furan rings is 1. The second kappa shape index (κ2) is 15.3. The second-order valence-corrected chi connectivity index (χ2v) is 22.3. The van der Waals surface area contributed by atoms with Crippen LogP contribution in [-0.4, -0.2) is 22.6 Å². The number of benzene rings is 5. The van der Waals surface area contributed by atoms with Crippen molar-refractivity contribution in [3.05, 3.63) is 145 Å². The van der Waals surface area contributed by atoms with Gasteiger partial charge in [-0.2, -0.15) is 0 Å². The maximum atomic E-state index is 6.30. The van der Waals surface area contributed by atoms with E-state index in [1.807, 2.05) is 48.5 Å². The number of rotatable bonds is 5. The Balaban J connectivity index is 0.000000198. The zero-order valence-corrected chi connectivity index (χ0v) is 36.2. The van der Waals surface area contributed by atoms with Gasteiger partial charge in [0.15, 0.2) is 0 Å². The van der Waals surface area contributed by atoms with Crippen molar-refractivity contribution in [1.82, 2.24) is 14.5 Å². The van der Waals surface area contributed by atoms with Crippen LogP contribution in [0.5, 0.6) is 0 Å². The first-order valence-corrected chi connectivity index (χ1v) is 22.0. The van der Waals surface area contributed by atoms with Crippen molar-refractivity contribution in [3.63, 3.8) is 0 Å². The SMILES string of the molecule is CC(C)(C)Cc1cc(-c2[c-]cccc2)ncc1[Si](C)(C)C.CC(C)(C)c1ccc(-n2c(-c3[c-]ccc4c3oc3ccccc34)nc3ccccc32)cc1.[Ir]. The zero-order valence-electron chi connectivity index (χ0n) is 32.8. The third-order valence-corrected chi connectivity index (χ3v) is 11.7. The molecule has 0 bridgehead atoms. The van der Waals surface area contributed by atoms with Crippen LogP contribution in [0, 0.1) is 17.5 Å². The summed E-state index contributed by atoms with van der Waals surface area (Å²) >= 11 is 0. The molecule has 0 amide bonds. The molecule has 0 aliphatic rings. The molecule has 0 N–H and O–H groups in total. The van der Waals surface area contributed by atoms with Crippen molar-refractivity contribution < 1.29 is 24.5 Å². The molecule has 0 aliphatic carbocycles. The van der Waals surface area contributed by atoms with Gasteiger partial charge in [0.2, 0.25) is 0 Å². The summed E-state index contributed by atoms with van der Waals surface area (Å²) in [7, 11) is -1.37. The predicted molar refractivity (Wildman–Crippen MR) is 226 cm³/mol. The summed E-state index contributed by atoms with van der Waals surface area (Å²) < 4.78 is 8.51. The molecule has 0 aliphatic heterocycles. The van der Waals surface area contributed by atoms with Gasteiger partial charge in [0, 0.05) is 37.4 Å². The Bertz CT molecular complexity index is 2530. The minimum absolute atomic E-state index is 0. The summed E-state index contributed by atoms with van der Waals surface area (Å²) in [5, 5.41) is 3.67. The van der Waals surface area contributed by atoms with Crippen LogP contribution in [0.1, 0.15) is 52.7 Å². The van der Waals surface area contributed by atoms with Gasteiger partial charge in [-0.1, -0.05) is 126 Å². The first kappa shape index (κ1) is 39.1. The van der Waals surface area contributed by atoms with Gasteiger partial charge in [-0.3, -0.25) is 4.98 Å². The normalized spacial score (nSPS) is 12.1. The maximum Gasteiger partial charge on any atom is 0.120 e. The quantitative estimate of drug-likeness (QED) is 0.128.